The number of aliphatic hydroxyl groups is 1. The van der Waals surface area contributed by atoms with Crippen molar-refractivity contribution in [3.63, 3.8) is 0 Å². The van der Waals surface area contributed by atoms with Crippen molar-refractivity contribution in [2.75, 3.05) is 18.0 Å². The molecule has 2 rings (SSSR count). The number of piperidine rings is 1. The Labute approximate surface area is 124 Å². The van der Waals surface area contributed by atoms with Crippen LogP contribution in [0.25, 0.3) is 0 Å². The lowest BCUT2D eigenvalue weighted by Gasteiger charge is -2.31. The minimum atomic E-state index is -0.116. The Morgan fingerprint density at radius 1 is 1.37 bits per heavy atom. The van der Waals surface area contributed by atoms with Gasteiger partial charge in [0.2, 0.25) is 0 Å². The maximum absolute atomic E-state index is 9.55. The third kappa shape index (κ3) is 4.20. The predicted octanol–water partition coefficient (Wildman–Crippen LogP) is 2.91. The third-order valence-electron chi connectivity index (χ3n) is 3.57. The highest BCUT2D eigenvalue weighted by atomic mass is 79.9. The molecule has 1 aliphatic heterocycles. The second-order valence-electron chi connectivity index (χ2n) is 5.53. The van der Waals surface area contributed by atoms with Gasteiger partial charge < -0.3 is 15.3 Å². The Kier molecular flexibility index (Phi) is 5.25. The summed E-state index contributed by atoms with van der Waals surface area (Å²) in [4.78, 5) is 2.34. The summed E-state index contributed by atoms with van der Waals surface area (Å²) in [5.41, 5.74) is 2.53. The quantitative estimate of drug-likeness (QED) is 0.893. The van der Waals surface area contributed by atoms with Crippen LogP contribution in [0.5, 0.6) is 0 Å². The summed E-state index contributed by atoms with van der Waals surface area (Å²) in [6.07, 6.45) is 1.62. The first kappa shape index (κ1) is 14.8. The Hall–Kier alpha value is -0.580. The molecule has 0 aromatic heterocycles. The minimum Gasteiger partial charge on any atom is -0.393 e. The summed E-state index contributed by atoms with van der Waals surface area (Å²) in [5, 5.41) is 13.0. The van der Waals surface area contributed by atoms with E-state index < -0.39 is 0 Å². The molecular formula is C15H23BrN2O. The van der Waals surface area contributed by atoms with Crippen molar-refractivity contribution >= 4 is 21.6 Å². The van der Waals surface area contributed by atoms with Gasteiger partial charge in [-0.15, -0.1) is 0 Å². The third-order valence-corrected chi connectivity index (χ3v) is 4.31. The van der Waals surface area contributed by atoms with Crippen molar-refractivity contribution < 1.29 is 5.11 Å². The van der Waals surface area contributed by atoms with Crippen LogP contribution >= 0.6 is 15.9 Å². The number of hydrogen-bond acceptors (Lipinski definition) is 3. The molecule has 0 amide bonds. The normalized spacial score (nSPS) is 17.2. The van der Waals surface area contributed by atoms with Gasteiger partial charge in [0.15, 0.2) is 0 Å². The Bertz CT molecular complexity index is 415. The first-order chi connectivity index (χ1) is 9.06. The topological polar surface area (TPSA) is 35.5 Å². The van der Waals surface area contributed by atoms with Crippen molar-refractivity contribution in [1.82, 2.24) is 5.32 Å². The molecule has 0 radical (unpaired) electrons. The standard InChI is InChI=1S/C15H23BrN2O/c1-11(2)17-10-12-3-4-13(9-15(12)16)18-7-5-14(19)6-8-18/h3-4,9,11,14,17,19H,5-8,10H2,1-2H3. The molecular weight excluding hydrogens is 304 g/mol. The van der Waals surface area contributed by atoms with E-state index in [1.807, 2.05) is 0 Å². The van der Waals surface area contributed by atoms with Crippen LogP contribution in [0.1, 0.15) is 32.3 Å². The predicted molar refractivity (Wildman–Crippen MR) is 83.6 cm³/mol. The van der Waals surface area contributed by atoms with Crippen molar-refractivity contribution in [1.29, 1.82) is 0 Å². The largest absolute Gasteiger partial charge is 0.393 e. The van der Waals surface area contributed by atoms with Gasteiger partial charge in [-0.05, 0) is 30.5 Å². The van der Waals surface area contributed by atoms with Gasteiger partial charge in [-0.25, -0.2) is 0 Å². The first-order valence-electron chi connectivity index (χ1n) is 7.01. The summed E-state index contributed by atoms with van der Waals surface area (Å²) in [6.45, 7) is 7.08. The Morgan fingerprint density at radius 3 is 2.63 bits per heavy atom. The number of anilines is 1. The average molecular weight is 327 g/mol. The summed E-state index contributed by atoms with van der Waals surface area (Å²) >= 11 is 3.66. The van der Waals surface area contributed by atoms with Crippen molar-refractivity contribution in [3.8, 4) is 0 Å². The second-order valence-corrected chi connectivity index (χ2v) is 6.38. The van der Waals surface area contributed by atoms with E-state index in [4.69, 9.17) is 0 Å². The van der Waals surface area contributed by atoms with E-state index in [9.17, 15) is 5.11 Å². The molecule has 106 valence electrons. The van der Waals surface area contributed by atoms with Crippen molar-refractivity contribution in [2.45, 2.75) is 45.4 Å². The van der Waals surface area contributed by atoms with E-state index in [-0.39, 0.29) is 6.10 Å². The van der Waals surface area contributed by atoms with Gasteiger partial charge in [-0.1, -0.05) is 35.8 Å². The highest BCUT2D eigenvalue weighted by Gasteiger charge is 2.17. The van der Waals surface area contributed by atoms with E-state index in [0.717, 1.165) is 36.9 Å². The fraction of sp³-hybridized carbons (Fsp3) is 0.600. The van der Waals surface area contributed by atoms with Crippen LogP contribution in [0.15, 0.2) is 22.7 Å². The zero-order valence-corrected chi connectivity index (χ0v) is 13.3. The number of aliphatic hydroxyl groups excluding tert-OH is 1. The zero-order valence-electron chi connectivity index (χ0n) is 11.7. The van der Waals surface area contributed by atoms with Gasteiger partial charge in [0.1, 0.15) is 0 Å². The number of benzene rings is 1. The maximum atomic E-state index is 9.55. The Morgan fingerprint density at radius 2 is 2.05 bits per heavy atom. The van der Waals surface area contributed by atoms with Gasteiger partial charge >= 0.3 is 0 Å². The molecule has 0 atom stereocenters. The SMILES string of the molecule is CC(C)NCc1ccc(N2CCC(O)CC2)cc1Br. The molecule has 1 aliphatic rings. The van der Waals surface area contributed by atoms with Crippen LogP contribution in [0.3, 0.4) is 0 Å². The van der Waals surface area contributed by atoms with Crippen LogP contribution in [-0.2, 0) is 6.54 Å². The van der Waals surface area contributed by atoms with E-state index in [1.165, 1.54) is 11.3 Å². The lowest BCUT2D eigenvalue weighted by atomic mass is 10.1. The van der Waals surface area contributed by atoms with Gasteiger partial charge in [-0.2, -0.15) is 0 Å². The van der Waals surface area contributed by atoms with Gasteiger partial charge in [0, 0.05) is 35.8 Å². The molecule has 1 fully saturated rings. The second kappa shape index (κ2) is 6.73. The molecule has 1 heterocycles. The molecule has 1 saturated heterocycles. The van der Waals surface area contributed by atoms with Gasteiger partial charge in [0.05, 0.1) is 6.10 Å². The average Bonchev–Trinajstić information content (AvgIpc) is 2.38. The summed E-state index contributed by atoms with van der Waals surface area (Å²) in [5.74, 6) is 0. The van der Waals surface area contributed by atoms with Gasteiger partial charge in [-0.3, -0.25) is 0 Å². The number of rotatable bonds is 4. The van der Waals surface area contributed by atoms with Crippen molar-refractivity contribution in [2.24, 2.45) is 0 Å². The van der Waals surface area contributed by atoms with Crippen LogP contribution < -0.4 is 10.2 Å². The van der Waals surface area contributed by atoms with E-state index in [0.29, 0.717) is 6.04 Å². The van der Waals surface area contributed by atoms with Crippen LogP contribution in [0.2, 0.25) is 0 Å². The molecule has 0 bridgehead atoms. The van der Waals surface area contributed by atoms with Crippen LogP contribution in [-0.4, -0.2) is 30.3 Å². The summed E-state index contributed by atoms with van der Waals surface area (Å²) in [6, 6.07) is 7.05. The van der Waals surface area contributed by atoms with Crippen LogP contribution in [0.4, 0.5) is 5.69 Å². The monoisotopic (exact) mass is 326 g/mol. The lowest BCUT2D eigenvalue weighted by Crippen LogP contribution is -2.35. The molecule has 0 aliphatic carbocycles. The smallest absolute Gasteiger partial charge is 0.0574 e. The number of nitrogens with one attached hydrogen (secondary N) is 1. The molecule has 2 N–H and O–H groups in total. The number of halogens is 1. The van der Waals surface area contributed by atoms with E-state index in [2.05, 4.69) is 58.2 Å². The molecule has 3 nitrogen and oxygen atoms in total. The molecule has 0 saturated carbocycles. The molecule has 0 spiro atoms. The van der Waals surface area contributed by atoms with Gasteiger partial charge in [0.25, 0.3) is 0 Å². The summed E-state index contributed by atoms with van der Waals surface area (Å²) < 4.78 is 1.16. The molecule has 1 aromatic carbocycles. The molecule has 19 heavy (non-hydrogen) atoms. The van der Waals surface area contributed by atoms with E-state index >= 15 is 0 Å². The zero-order chi connectivity index (χ0) is 13.8. The fourth-order valence-corrected chi connectivity index (χ4v) is 2.82. The lowest BCUT2D eigenvalue weighted by molar-refractivity contribution is 0.145. The summed E-state index contributed by atoms with van der Waals surface area (Å²) in [7, 11) is 0. The maximum Gasteiger partial charge on any atom is 0.0574 e. The van der Waals surface area contributed by atoms with Crippen molar-refractivity contribution in [3.05, 3.63) is 28.2 Å². The number of hydrogen-bond donors (Lipinski definition) is 2. The molecule has 4 heteroatoms. The van der Waals surface area contributed by atoms with E-state index in [1.54, 1.807) is 0 Å². The highest BCUT2D eigenvalue weighted by molar-refractivity contribution is 9.10. The molecule has 0 unspecified atom stereocenters. The molecule has 1 aromatic rings. The minimum absolute atomic E-state index is 0.116. The number of nitrogens with zero attached hydrogens (tertiary/aromatic N) is 1. The fourth-order valence-electron chi connectivity index (χ4n) is 2.31. The Balaban J connectivity index is 2.02. The highest BCUT2D eigenvalue weighted by Crippen LogP contribution is 2.26. The van der Waals surface area contributed by atoms with Crippen LogP contribution in [0, 0.1) is 0 Å². The first-order valence-corrected chi connectivity index (χ1v) is 7.80.